The number of hydrogen-bond donors (Lipinski definition) is 2. The zero-order chi connectivity index (χ0) is 40.6. The maximum absolute atomic E-state index is 13.6. The molecule has 4 nitrogen and oxygen atoms in total. The summed E-state index contributed by atoms with van der Waals surface area (Å²) in [7, 11) is 7.52. The summed E-state index contributed by atoms with van der Waals surface area (Å²) in [6.07, 6.45) is -1.02. The molecular formula is C43H49ClF6N2O2. The quantitative estimate of drug-likeness (QED) is 0.141. The molecule has 0 radical (unpaired) electrons. The highest BCUT2D eigenvalue weighted by molar-refractivity contribution is 6.30. The molecule has 2 N–H and O–H groups in total. The van der Waals surface area contributed by atoms with Gasteiger partial charge in [-0.15, -0.1) is 0 Å². The molecule has 0 bridgehead atoms. The molecule has 0 amide bonds. The molecule has 0 saturated carbocycles. The van der Waals surface area contributed by atoms with Crippen molar-refractivity contribution in [2.75, 3.05) is 41.3 Å². The molecule has 0 fully saturated rings. The third-order valence-electron chi connectivity index (χ3n) is 9.40. The third-order valence-corrected chi connectivity index (χ3v) is 9.69. The van der Waals surface area contributed by atoms with Crippen LogP contribution >= 0.6 is 11.6 Å². The maximum Gasteiger partial charge on any atom is 0.416 e. The van der Waals surface area contributed by atoms with Crippen LogP contribution in [-0.2, 0) is 17.4 Å². The van der Waals surface area contributed by atoms with E-state index in [4.69, 9.17) is 11.6 Å². The Bertz CT molecular complexity index is 1890. The molecule has 4 unspecified atom stereocenters. The van der Waals surface area contributed by atoms with Gasteiger partial charge in [0.25, 0.3) is 0 Å². The number of benzene rings is 4. The third kappa shape index (κ3) is 11.3. The van der Waals surface area contributed by atoms with Crippen molar-refractivity contribution in [2.24, 2.45) is 11.8 Å². The van der Waals surface area contributed by atoms with Crippen LogP contribution in [0, 0.1) is 29.3 Å². The molecule has 4 atom stereocenters. The molecule has 0 aliphatic carbocycles. The van der Waals surface area contributed by atoms with E-state index >= 15 is 0 Å². The molecule has 11 heteroatoms. The predicted molar refractivity (Wildman–Crippen MR) is 206 cm³/mol. The van der Waals surface area contributed by atoms with Crippen LogP contribution in [0.3, 0.4) is 0 Å². The van der Waals surface area contributed by atoms with Crippen molar-refractivity contribution in [3.05, 3.63) is 152 Å². The van der Waals surface area contributed by atoms with Crippen LogP contribution in [0.25, 0.3) is 12.2 Å². The largest absolute Gasteiger partial charge is 0.416 e. The standard InChI is InChI=1S/C22H25F4NO.C21H24ClF2NO/c1-15(12-17-8-10-20(23)11-9-17)21(28,16(2)14-27(3)4)18-6-5-7-19(13-18)22(24,25)26;1-14(11-16-5-8-18(23)9-6-16)21(26,15(2)13-25(3)4)17-7-10-20(24)19(22)12-17/h5-13,16,28H,14H2,1-4H3;5-12,15,26H,13H2,1-4H3. The molecule has 0 aliphatic heterocycles. The minimum Gasteiger partial charge on any atom is -0.380 e. The second kappa shape index (κ2) is 18.6. The molecule has 4 aromatic carbocycles. The lowest BCUT2D eigenvalue weighted by atomic mass is 9.76. The topological polar surface area (TPSA) is 46.9 Å². The van der Waals surface area contributed by atoms with Gasteiger partial charge in [-0.1, -0.05) is 80.1 Å². The minimum absolute atomic E-state index is 0.0347. The monoisotopic (exact) mass is 774 g/mol. The highest BCUT2D eigenvalue weighted by atomic mass is 35.5. The van der Waals surface area contributed by atoms with Gasteiger partial charge in [-0.3, -0.25) is 0 Å². The van der Waals surface area contributed by atoms with Crippen molar-refractivity contribution in [3.8, 4) is 0 Å². The zero-order valence-corrected chi connectivity index (χ0v) is 32.6. The number of halogens is 7. The second-order valence-electron chi connectivity index (χ2n) is 14.3. The fourth-order valence-corrected chi connectivity index (χ4v) is 6.85. The van der Waals surface area contributed by atoms with Gasteiger partial charge in [-0.25, -0.2) is 13.2 Å². The van der Waals surface area contributed by atoms with Crippen LogP contribution in [0.4, 0.5) is 26.3 Å². The van der Waals surface area contributed by atoms with Crippen molar-refractivity contribution in [3.63, 3.8) is 0 Å². The number of alkyl halides is 3. The first-order valence-corrected chi connectivity index (χ1v) is 17.7. The molecule has 4 aromatic rings. The summed E-state index contributed by atoms with van der Waals surface area (Å²) in [4.78, 5) is 3.85. The van der Waals surface area contributed by atoms with E-state index in [1.165, 1.54) is 48.5 Å². The maximum atomic E-state index is 13.6. The minimum atomic E-state index is -4.50. The molecule has 292 valence electrons. The summed E-state index contributed by atoms with van der Waals surface area (Å²) in [6, 6.07) is 20.8. The number of hydrogen-bond acceptors (Lipinski definition) is 4. The molecule has 54 heavy (non-hydrogen) atoms. The summed E-state index contributed by atoms with van der Waals surface area (Å²) >= 11 is 5.95. The van der Waals surface area contributed by atoms with Gasteiger partial charge in [0.2, 0.25) is 0 Å². The highest BCUT2D eigenvalue weighted by Crippen LogP contribution is 2.41. The lowest BCUT2D eigenvalue weighted by Gasteiger charge is -2.37. The van der Waals surface area contributed by atoms with Gasteiger partial charge in [0, 0.05) is 24.9 Å². The molecule has 0 spiro atoms. The number of nitrogens with zero attached hydrogens (tertiary/aromatic N) is 2. The van der Waals surface area contributed by atoms with E-state index in [2.05, 4.69) is 0 Å². The van der Waals surface area contributed by atoms with Gasteiger partial charge < -0.3 is 20.0 Å². The Hall–Kier alpha value is -3.93. The molecule has 4 rings (SSSR count). The Morgan fingerprint density at radius 3 is 1.39 bits per heavy atom. The van der Waals surface area contributed by atoms with Gasteiger partial charge in [0.05, 0.1) is 10.6 Å². The molecular weight excluding hydrogens is 726 g/mol. The number of aliphatic hydroxyl groups is 2. The summed E-state index contributed by atoms with van der Waals surface area (Å²) in [5.41, 5.74) is -0.518. The van der Waals surface area contributed by atoms with Crippen LogP contribution in [-0.4, -0.2) is 61.3 Å². The smallest absolute Gasteiger partial charge is 0.380 e. The summed E-state index contributed by atoms with van der Waals surface area (Å²) in [6.45, 7) is 8.28. The first kappa shape index (κ1) is 44.5. The van der Waals surface area contributed by atoms with Crippen LogP contribution in [0.5, 0.6) is 0 Å². The van der Waals surface area contributed by atoms with E-state index < -0.39 is 34.7 Å². The van der Waals surface area contributed by atoms with E-state index in [1.54, 1.807) is 50.3 Å². The van der Waals surface area contributed by atoms with Crippen LogP contribution in [0.1, 0.15) is 55.5 Å². The van der Waals surface area contributed by atoms with Crippen molar-refractivity contribution in [1.29, 1.82) is 0 Å². The highest BCUT2D eigenvalue weighted by Gasteiger charge is 2.40. The van der Waals surface area contributed by atoms with Crippen molar-refractivity contribution >= 4 is 23.8 Å². The van der Waals surface area contributed by atoms with Gasteiger partial charge >= 0.3 is 6.18 Å². The van der Waals surface area contributed by atoms with Gasteiger partial charge in [0.1, 0.15) is 28.7 Å². The van der Waals surface area contributed by atoms with Crippen molar-refractivity contribution in [1.82, 2.24) is 9.80 Å². The average molecular weight is 775 g/mol. The average Bonchev–Trinajstić information content (AvgIpc) is 3.10. The van der Waals surface area contributed by atoms with Gasteiger partial charge in [-0.05, 0) is 124 Å². The fourth-order valence-electron chi connectivity index (χ4n) is 6.67. The first-order valence-electron chi connectivity index (χ1n) is 17.3. The first-order chi connectivity index (χ1) is 25.1. The molecule has 0 saturated heterocycles. The molecule has 0 aromatic heterocycles. The SMILES string of the molecule is CC(=Cc1ccc(F)cc1)C(O)(c1ccc(F)c(Cl)c1)C(C)CN(C)C.CC(=Cc1ccc(F)cc1)C(O)(c1cccc(C(F)(F)F)c1)C(C)CN(C)C. The second-order valence-corrected chi connectivity index (χ2v) is 14.7. The molecule has 0 aliphatic rings. The predicted octanol–water partition coefficient (Wildman–Crippen LogP) is 10.4. The lowest BCUT2D eigenvalue weighted by Crippen LogP contribution is -2.40. The Balaban J connectivity index is 0.000000291. The Kier molecular flexibility index (Phi) is 15.3. The summed E-state index contributed by atoms with van der Waals surface area (Å²) < 4.78 is 79.6. The van der Waals surface area contributed by atoms with Crippen LogP contribution in [0.2, 0.25) is 5.02 Å². The zero-order valence-electron chi connectivity index (χ0n) is 31.8. The fraction of sp³-hybridized carbons (Fsp3) is 0.349. The Morgan fingerprint density at radius 1 is 0.630 bits per heavy atom. The van der Waals surface area contributed by atoms with E-state index in [0.717, 1.165) is 17.7 Å². The Labute approximate surface area is 320 Å². The van der Waals surface area contributed by atoms with E-state index in [9.17, 15) is 36.6 Å². The van der Waals surface area contributed by atoms with Gasteiger partial charge in [0.15, 0.2) is 0 Å². The van der Waals surface area contributed by atoms with Crippen molar-refractivity contribution < 1.29 is 36.6 Å². The van der Waals surface area contributed by atoms with Crippen molar-refractivity contribution in [2.45, 2.75) is 45.1 Å². The van der Waals surface area contributed by atoms with E-state index in [1.807, 2.05) is 57.9 Å². The van der Waals surface area contributed by atoms with Crippen LogP contribution in [0.15, 0.2) is 102 Å². The number of rotatable bonds is 12. The van der Waals surface area contributed by atoms with E-state index in [0.29, 0.717) is 35.4 Å². The van der Waals surface area contributed by atoms with Crippen LogP contribution < -0.4 is 0 Å². The lowest BCUT2D eigenvalue weighted by molar-refractivity contribution is -0.137. The molecule has 0 heterocycles. The summed E-state index contributed by atoms with van der Waals surface area (Å²) in [5, 5.41) is 23.3. The normalized spacial score (nSPS) is 16.0. The van der Waals surface area contributed by atoms with Gasteiger partial charge in [-0.2, -0.15) is 13.2 Å². The summed E-state index contributed by atoms with van der Waals surface area (Å²) in [5.74, 6) is -1.83. The van der Waals surface area contributed by atoms with E-state index in [-0.39, 0.29) is 28.1 Å². The Morgan fingerprint density at radius 2 is 1.02 bits per heavy atom.